The normalized spacial score (nSPS) is 12.2. The number of hydrogen-bond donors (Lipinski definition) is 2. The van der Waals surface area contributed by atoms with E-state index >= 15 is 0 Å². The topological polar surface area (TPSA) is 47.3 Å². The van der Waals surface area contributed by atoms with Crippen molar-refractivity contribution in [3.8, 4) is 5.75 Å². The molecular formula is C17H21FN2O. The van der Waals surface area contributed by atoms with E-state index in [1.54, 1.807) is 0 Å². The van der Waals surface area contributed by atoms with Gasteiger partial charge in [0.15, 0.2) is 0 Å². The number of hydrogen-bond acceptors (Lipinski definition) is 3. The van der Waals surface area contributed by atoms with Crippen LogP contribution in [0.25, 0.3) is 0 Å². The van der Waals surface area contributed by atoms with Gasteiger partial charge in [0.2, 0.25) is 0 Å². The Bertz CT molecular complexity index is 581. The van der Waals surface area contributed by atoms with Crippen LogP contribution in [0.5, 0.6) is 5.75 Å². The van der Waals surface area contributed by atoms with Crippen LogP contribution in [0, 0.1) is 12.7 Å². The fraction of sp³-hybridized carbons (Fsp3) is 0.294. The third-order valence-electron chi connectivity index (χ3n) is 3.26. The Morgan fingerprint density at radius 2 is 2.00 bits per heavy atom. The third-order valence-corrected chi connectivity index (χ3v) is 3.26. The zero-order valence-corrected chi connectivity index (χ0v) is 12.4. The van der Waals surface area contributed by atoms with E-state index in [2.05, 4.69) is 12.3 Å². The van der Waals surface area contributed by atoms with Crippen molar-refractivity contribution >= 4 is 0 Å². The molecule has 0 bridgehead atoms. The predicted molar refractivity (Wildman–Crippen MR) is 82.5 cm³/mol. The number of para-hydroxylation sites is 1. The van der Waals surface area contributed by atoms with Crippen LogP contribution in [-0.2, 0) is 0 Å². The van der Waals surface area contributed by atoms with E-state index < -0.39 is 0 Å². The van der Waals surface area contributed by atoms with Gasteiger partial charge in [0, 0.05) is 5.56 Å². The summed E-state index contributed by atoms with van der Waals surface area (Å²) in [6.07, 6.45) is 0.925. The molecule has 0 aliphatic carbocycles. The Hall–Kier alpha value is -1.91. The summed E-state index contributed by atoms with van der Waals surface area (Å²) < 4.78 is 19.4. The summed E-state index contributed by atoms with van der Waals surface area (Å²) >= 11 is 0. The Morgan fingerprint density at radius 1 is 1.24 bits per heavy atom. The largest absolute Gasteiger partial charge is 0.493 e. The number of hydrazine groups is 1. The molecule has 2 aromatic rings. The highest BCUT2D eigenvalue weighted by Gasteiger charge is 2.17. The zero-order valence-electron chi connectivity index (χ0n) is 12.4. The molecule has 112 valence electrons. The van der Waals surface area contributed by atoms with E-state index in [-0.39, 0.29) is 11.9 Å². The highest BCUT2D eigenvalue weighted by molar-refractivity contribution is 5.42. The fourth-order valence-corrected chi connectivity index (χ4v) is 2.36. The first kappa shape index (κ1) is 15.5. The number of rotatable bonds is 6. The van der Waals surface area contributed by atoms with Crippen molar-refractivity contribution in [2.75, 3.05) is 6.61 Å². The Balaban J connectivity index is 2.41. The molecule has 0 amide bonds. The van der Waals surface area contributed by atoms with Crippen LogP contribution < -0.4 is 16.0 Å². The first-order valence-corrected chi connectivity index (χ1v) is 7.10. The van der Waals surface area contributed by atoms with Crippen molar-refractivity contribution in [1.29, 1.82) is 0 Å². The summed E-state index contributed by atoms with van der Waals surface area (Å²) in [5.41, 5.74) is 5.30. The zero-order chi connectivity index (χ0) is 15.2. The van der Waals surface area contributed by atoms with Gasteiger partial charge in [-0.15, -0.1) is 0 Å². The van der Waals surface area contributed by atoms with Crippen LogP contribution in [0.4, 0.5) is 4.39 Å². The van der Waals surface area contributed by atoms with Crippen LogP contribution in [0.3, 0.4) is 0 Å². The van der Waals surface area contributed by atoms with Crippen molar-refractivity contribution in [3.63, 3.8) is 0 Å². The van der Waals surface area contributed by atoms with E-state index in [1.807, 2.05) is 37.3 Å². The first-order valence-electron chi connectivity index (χ1n) is 7.10. The molecule has 2 aromatic carbocycles. The van der Waals surface area contributed by atoms with Crippen LogP contribution in [-0.4, -0.2) is 6.61 Å². The summed E-state index contributed by atoms with van der Waals surface area (Å²) in [7, 11) is 0. The van der Waals surface area contributed by atoms with Crippen molar-refractivity contribution < 1.29 is 9.13 Å². The van der Waals surface area contributed by atoms with E-state index in [4.69, 9.17) is 10.6 Å². The van der Waals surface area contributed by atoms with Gasteiger partial charge in [0.25, 0.3) is 0 Å². The number of benzene rings is 2. The van der Waals surface area contributed by atoms with E-state index in [0.717, 1.165) is 28.9 Å². The quantitative estimate of drug-likeness (QED) is 0.632. The molecule has 0 saturated heterocycles. The van der Waals surface area contributed by atoms with Crippen LogP contribution in [0.2, 0.25) is 0 Å². The first-order chi connectivity index (χ1) is 10.2. The lowest BCUT2D eigenvalue weighted by atomic mass is 9.97. The van der Waals surface area contributed by atoms with Crippen molar-refractivity contribution in [2.24, 2.45) is 5.84 Å². The molecule has 0 heterocycles. The van der Waals surface area contributed by atoms with Crippen LogP contribution in [0.1, 0.15) is 36.1 Å². The maximum absolute atomic E-state index is 13.6. The predicted octanol–water partition coefficient (Wildman–Crippen LogP) is 3.48. The summed E-state index contributed by atoms with van der Waals surface area (Å²) in [5.74, 6) is 6.21. The fourth-order valence-electron chi connectivity index (χ4n) is 2.36. The van der Waals surface area contributed by atoms with E-state index in [1.165, 1.54) is 12.1 Å². The third kappa shape index (κ3) is 3.80. The molecule has 0 aromatic heterocycles. The molecule has 3 N–H and O–H groups in total. The molecule has 0 saturated carbocycles. The molecule has 0 aliphatic heterocycles. The summed E-state index contributed by atoms with van der Waals surface area (Å²) in [5, 5.41) is 0. The van der Waals surface area contributed by atoms with Gasteiger partial charge in [-0.05, 0) is 42.7 Å². The standard InChI is InChI=1S/C17H21FN2O/c1-3-8-21-16-7-5-4-6-15(16)17(20-19)13-9-12(2)10-14(18)11-13/h4-7,9-11,17,20H,3,8,19H2,1-2H3. The smallest absolute Gasteiger partial charge is 0.124 e. The molecule has 0 radical (unpaired) electrons. The van der Waals surface area contributed by atoms with Gasteiger partial charge in [0.1, 0.15) is 11.6 Å². The van der Waals surface area contributed by atoms with Crippen molar-refractivity contribution in [2.45, 2.75) is 26.3 Å². The number of aryl methyl sites for hydroxylation is 1. The molecule has 0 spiro atoms. The van der Waals surface area contributed by atoms with Crippen molar-refractivity contribution in [3.05, 3.63) is 65.0 Å². The Labute approximate surface area is 124 Å². The van der Waals surface area contributed by atoms with Gasteiger partial charge in [-0.1, -0.05) is 31.2 Å². The molecule has 0 fully saturated rings. The molecule has 1 unspecified atom stereocenters. The van der Waals surface area contributed by atoms with Crippen molar-refractivity contribution in [1.82, 2.24) is 5.43 Å². The minimum atomic E-state index is -0.313. The minimum absolute atomic E-state index is 0.266. The monoisotopic (exact) mass is 288 g/mol. The highest BCUT2D eigenvalue weighted by Crippen LogP contribution is 2.30. The second-order valence-corrected chi connectivity index (χ2v) is 5.05. The lowest BCUT2D eigenvalue weighted by molar-refractivity contribution is 0.311. The molecule has 2 rings (SSSR count). The van der Waals surface area contributed by atoms with Gasteiger partial charge in [-0.2, -0.15) is 0 Å². The molecule has 0 aliphatic rings. The van der Waals surface area contributed by atoms with Gasteiger partial charge in [0.05, 0.1) is 12.6 Å². The SMILES string of the molecule is CCCOc1ccccc1C(NN)c1cc(C)cc(F)c1. The maximum atomic E-state index is 13.6. The van der Waals surface area contributed by atoms with Gasteiger partial charge >= 0.3 is 0 Å². The Morgan fingerprint density at radius 3 is 2.67 bits per heavy atom. The van der Waals surface area contributed by atoms with E-state index in [9.17, 15) is 4.39 Å². The minimum Gasteiger partial charge on any atom is -0.493 e. The molecular weight excluding hydrogens is 267 g/mol. The lowest BCUT2D eigenvalue weighted by Crippen LogP contribution is -2.29. The van der Waals surface area contributed by atoms with E-state index in [0.29, 0.717) is 6.61 Å². The van der Waals surface area contributed by atoms with Crippen LogP contribution in [0.15, 0.2) is 42.5 Å². The number of nitrogens with one attached hydrogen (secondary N) is 1. The average Bonchev–Trinajstić information content (AvgIpc) is 2.46. The maximum Gasteiger partial charge on any atom is 0.124 e. The number of halogens is 1. The molecule has 1 atom stereocenters. The molecule has 4 heteroatoms. The second kappa shape index (κ2) is 7.20. The highest BCUT2D eigenvalue weighted by atomic mass is 19.1. The molecule has 21 heavy (non-hydrogen) atoms. The summed E-state index contributed by atoms with van der Waals surface area (Å²) in [4.78, 5) is 0. The summed E-state index contributed by atoms with van der Waals surface area (Å²) in [6, 6.07) is 12.3. The average molecular weight is 288 g/mol. The van der Waals surface area contributed by atoms with Gasteiger partial charge in [-0.25, -0.2) is 9.82 Å². The lowest BCUT2D eigenvalue weighted by Gasteiger charge is -2.20. The Kier molecular flexibility index (Phi) is 5.31. The van der Waals surface area contributed by atoms with Gasteiger partial charge in [-0.3, -0.25) is 5.84 Å². The molecule has 3 nitrogen and oxygen atoms in total. The summed E-state index contributed by atoms with van der Waals surface area (Å²) in [6.45, 7) is 4.55. The number of nitrogens with two attached hydrogens (primary N) is 1. The number of ether oxygens (including phenoxy) is 1. The van der Waals surface area contributed by atoms with Gasteiger partial charge < -0.3 is 4.74 Å². The van der Waals surface area contributed by atoms with Crippen LogP contribution >= 0.6 is 0 Å². The second-order valence-electron chi connectivity index (χ2n) is 5.05.